The monoisotopic (exact) mass is 190 g/mol. The van der Waals surface area contributed by atoms with Gasteiger partial charge in [0.1, 0.15) is 0 Å². The summed E-state index contributed by atoms with van der Waals surface area (Å²) in [7, 11) is 0. The van der Waals surface area contributed by atoms with Crippen molar-refractivity contribution in [3.8, 4) is 0 Å². The molecule has 76 valence electrons. The van der Waals surface area contributed by atoms with Crippen LogP contribution in [0.2, 0.25) is 0 Å². The first kappa shape index (κ1) is 9.38. The Hall–Kier alpha value is -1.18. The fraction of sp³-hybridized carbons (Fsp3) is 0.500. The molecule has 0 atom stereocenters. The Morgan fingerprint density at radius 3 is 2.79 bits per heavy atom. The average Bonchev–Trinajstić information content (AvgIpc) is 2.66. The topological polar surface area (TPSA) is 15.3 Å². The van der Waals surface area contributed by atoms with E-state index in [-0.39, 0.29) is 0 Å². The molecule has 0 amide bonds. The van der Waals surface area contributed by atoms with Gasteiger partial charge >= 0.3 is 0 Å². The second kappa shape index (κ2) is 3.91. The lowest BCUT2D eigenvalue weighted by atomic mass is 10.1. The Kier molecular flexibility index (Phi) is 2.62. The Morgan fingerprint density at radius 2 is 2.07 bits per heavy atom. The van der Waals surface area contributed by atoms with Crippen LogP contribution in [0.3, 0.4) is 0 Å². The standard InChI is InChI=1S/C12H18N2/c1-3-14(4-2)11-6-5-10-7-8-13-12(10)9-11/h5-6,9,13H,3-4,7-8H2,1-2H3. The van der Waals surface area contributed by atoms with Gasteiger partial charge in [0.05, 0.1) is 0 Å². The maximum absolute atomic E-state index is 3.42. The quantitative estimate of drug-likeness (QED) is 0.787. The number of hydrogen-bond donors (Lipinski definition) is 1. The van der Waals surface area contributed by atoms with Crippen molar-refractivity contribution < 1.29 is 0 Å². The van der Waals surface area contributed by atoms with Crippen LogP contribution in [0, 0.1) is 0 Å². The van der Waals surface area contributed by atoms with E-state index in [1.54, 1.807) is 0 Å². The highest BCUT2D eigenvalue weighted by atomic mass is 15.1. The van der Waals surface area contributed by atoms with Crippen LogP contribution in [-0.4, -0.2) is 19.6 Å². The highest BCUT2D eigenvalue weighted by Crippen LogP contribution is 2.27. The molecule has 0 bridgehead atoms. The van der Waals surface area contributed by atoms with Gasteiger partial charge in [-0.05, 0) is 38.0 Å². The van der Waals surface area contributed by atoms with Gasteiger partial charge in [-0.2, -0.15) is 0 Å². The number of fused-ring (bicyclic) bond motifs is 1. The summed E-state index contributed by atoms with van der Waals surface area (Å²) < 4.78 is 0. The van der Waals surface area contributed by atoms with E-state index >= 15 is 0 Å². The van der Waals surface area contributed by atoms with Crippen LogP contribution in [0.4, 0.5) is 11.4 Å². The minimum atomic E-state index is 1.08. The van der Waals surface area contributed by atoms with E-state index in [1.165, 1.54) is 23.4 Å². The van der Waals surface area contributed by atoms with Gasteiger partial charge in [-0.15, -0.1) is 0 Å². The van der Waals surface area contributed by atoms with Crippen molar-refractivity contribution >= 4 is 11.4 Å². The summed E-state index contributed by atoms with van der Waals surface area (Å²) in [6.45, 7) is 7.65. The molecule has 14 heavy (non-hydrogen) atoms. The normalized spacial score (nSPS) is 13.6. The molecule has 0 saturated heterocycles. The summed E-state index contributed by atoms with van der Waals surface area (Å²) in [5.41, 5.74) is 4.12. The van der Waals surface area contributed by atoms with Crippen molar-refractivity contribution in [2.24, 2.45) is 0 Å². The highest BCUT2D eigenvalue weighted by molar-refractivity contribution is 5.64. The third-order valence-electron chi connectivity index (χ3n) is 2.93. The van der Waals surface area contributed by atoms with Crippen LogP contribution < -0.4 is 10.2 Å². The van der Waals surface area contributed by atoms with Gasteiger partial charge in [0, 0.05) is 31.0 Å². The molecule has 0 unspecified atom stereocenters. The Labute approximate surface area is 85.9 Å². The third kappa shape index (κ3) is 1.57. The van der Waals surface area contributed by atoms with E-state index in [0.29, 0.717) is 0 Å². The molecule has 1 aliphatic heterocycles. The van der Waals surface area contributed by atoms with E-state index in [0.717, 1.165) is 19.6 Å². The Morgan fingerprint density at radius 1 is 1.29 bits per heavy atom. The Balaban J connectivity index is 2.27. The summed E-state index contributed by atoms with van der Waals surface area (Å²) >= 11 is 0. The van der Waals surface area contributed by atoms with E-state index in [4.69, 9.17) is 0 Å². The number of nitrogens with one attached hydrogen (secondary N) is 1. The van der Waals surface area contributed by atoms with Crippen LogP contribution in [-0.2, 0) is 6.42 Å². The van der Waals surface area contributed by atoms with E-state index in [9.17, 15) is 0 Å². The van der Waals surface area contributed by atoms with E-state index in [1.807, 2.05) is 0 Å². The first-order valence-electron chi connectivity index (χ1n) is 5.47. The minimum absolute atomic E-state index is 1.08. The maximum atomic E-state index is 3.42. The molecule has 1 aromatic carbocycles. The largest absolute Gasteiger partial charge is 0.384 e. The van der Waals surface area contributed by atoms with Gasteiger partial charge in [-0.25, -0.2) is 0 Å². The van der Waals surface area contributed by atoms with Crippen LogP contribution in [0.1, 0.15) is 19.4 Å². The summed E-state index contributed by atoms with van der Waals surface area (Å²) in [5, 5.41) is 3.42. The van der Waals surface area contributed by atoms with Crippen molar-refractivity contribution in [1.82, 2.24) is 0 Å². The fourth-order valence-electron chi connectivity index (χ4n) is 2.06. The molecule has 0 aliphatic carbocycles. The lowest BCUT2D eigenvalue weighted by Gasteiger charge is -2.21. The first-order chi connectivity index (χ1) is 6.85. The predicted octanol–water partition coefficient (Wildman–Crippen LogP) is 2.50. The molecule has 0 spiro atoms. The second-order valence-corrected chi connectivity index (χ2v) is 3.69. The predicted molar refractivity (Wildman–Crippen MR) is 62.2 cm³/mol. The minimum Gasteiger partial charge on any atom is -0.384 e. The number of rotatable bonds is 3. The molecular weight excluding hydrogens is 172 g/mol. The SMILES string of the molecule is CCN(CC)c1ccc2c(c1)NCC2. The van der Waals surface area contributed by atoms with Crippen molar-refractivity contribution in [2.75, 3.05) is 29.9 Å². The number of anilines is 2. The molecule has 0 fully saturated rings. The Bertz CT molecular complexity index is 316. The smallest absolute Gasteiger partial charge is 0.0394 e. The fourth-order valence-corrected chi connectivity index (χ4v) is 2.06. The molecule has 1 aliphatic rings. The van der Waals surface area contributed by atoms with E-state index in [2.05, 4.69) is 42.3 Å². The number of benzene rings is 1. The van der Waals surface area contributed by atoms with Gasteiger partial charge in [-0.3, -0.25) is 0 Å². The number of hydrogen-bond acceptors (Lipinski definition) is 2. The highest BCUT2D eigenvalue weighted by Gasteiger charge is 2.11. The first-order valence-corrected chi connectivity index (χ1v) is 5.47. The summed E-state index contributed by atoms with van der Waals surface area (Å²) in [5.74, 6) is 0. The molecule has 1 heterocycles. The van der Waals surface area contributed by atoms with Gasteiger partial charge in [0.2, 0.25) is 0 Å². The van der Waals surface area contributed by atoms with Gasteiger partial charge in [-0.1, -0.05) is 6.07 Å². The van der Waals surface area contributed by atoms with Crippen molar-refractivity contribution in [3.05, 3.63) is 23.8 Å². The molecule has 1 aromatic rings. The molecule has 2 rings (SSSR count). The molecular formula is C12H18N2. The van der Waals surface area contributed by atoms with Gasteiger partial charge in [0.15, 0.2) is 0 Å². The molecule has 2 nitrogen and oxygen atoms in total. The van der Waals surface area contributed by atoms with Crippen molar-refractivity contribution in [3.63, 3.8) is 0 Å². The van der Waals surface area contributed by atoms with Crippen LogP contribution >= 0.6 is 0 Å². The molecule has 1 N–H and O–H groups in total. The zero-order valence-corrected chi connectivity index (χ0v) is 9.01. The zero-order chi connectivity index (χ0) is 9.97. The molecule has 0 saturated carbocycles. The van der Waals surface area contributed by atoms with Crippen LogP contribution in [0.25, 0.3) is 0 Å². The van der Waals surface area contributed by atoms with Crippen molar-refractivity contribution in [1.29, 1.82) is 0 Å². The summed E-state index contributed by atoms with van der Waals surface area (Å²) in [6.07, 6.45) is 1.17. The molecule has 2 heteroatoms. The van der Waals surface area contributed by atoms with Gasteiger partial charge in [0.25, 0.3) is 0 Å². The van der Waals surface area contributed by atoms with E-state index < -0.39 is 0 Å². The molecule has 0 radical (unpaired) electrons. The lowest BCUT2D eigenvalue weighted by molar-refractivity contribution is 0.866. The van der Waals surface area contributed by atoms with Crippen LogP contribution in [0.5, 0.6) is 0 Å². The second-order valence-electron chi connectivity index (χ2n) is 3.69. The third-order valence-corrected chi connectivity index (χ3v) is 2.93. The van der Waals surface area contributed by atoms with Crippen molar-refractivity contribution in [2.45, 2.75) is 20.3 Å². The zero-order valence-electron chi connectivity index (χ0n) is 9.01. The number of nitrogens with zero attached hydrogens (tertiary/aromatic N) is 1. The average molecular weight is 190 g/mol. The van der Waals surface area contributed by atoms with Gasteiger partial charge < -0.3 is 10.2 Å². The maximum Gasteiger partial charge on any atom is 0.0394 e. The summed E-state index contributed by atoms with van der Waals surface area (Å²) in [6, 6.07) is 6.76. The van der Waals surface area contributed by atoms with Crippen LogP contribution in [0.15, 0.2) is 18.2 Å². The lowest BCUT2D eigenvalue weighted by Crippen LogP contribution is -2.21. The molecule has 0 aromatic heterocycles. The summed E-state index contributed by atoms with van der Waals surface area (Å²) in [4.78, 5) is 2.38.